The molecule has 0 bridgehead atoms. The van der Waals surface area contributed by atoms with Gasteiger partial charge in [-0.15, -0.1) is 0 Å². The van der Waals surface area contributed by atoms with E-state index in [-0.39, 0.29) is 0 Å². The third kappa shape index (κ3) is 3.85. The number of nitrogens with one attached hydrogen (secondary N) is 1. The summed E-state index contributed by atoms with van der Waals surface area (Å²) in [6.45, 7) is 2.28. The predicted octanol–water partition coefficient (Wildman–Crippen LogP) is 2.17. The topological polar surface area (TPSA) is 75.4 Å². The average molecular weight is 297 g/mol. The van der Waals surface area contributed by atoms with Crippen molar-refractivity contribution < 1.29 is 9.59 Å². The molecule has 0 aliphatic rings. The first-order valence-electron chi connectivity index (χ1n) is 6.94. The second kappa shape index (κ2) is 6.76. The van der Waals surface area contributed by atoms with E-state index in [4.69, 9.17) is 5.73 Å². The van der Waals surface area contributed by atoms with Gasteiger partial charge in [0.25, 0.3) is 0 Å². The van der Waals surface area contributed by atoms with E-state index in [0.29, 0.717) is 17.9 Å². The molecule has 0 unspecified atom stereocenters. The normalized spacial score (nSPS) is 10.1. The van der Waals surface area contributed by atoms with E-state index in [0.717, 1.165) is 11.1 Å². The summed E-state index contributed by atoms with van der Waals surface area (Å²) in [6, 6.07) is 14.7. The molecule has 0 aliphatic carbocycles. The summed E-state index contributed by atoms with van der Waals surface area (Å²) in [5.74, 6) is -1.31. The molecule has 114 valence electrons. The first-order chi connectivity index (χ1) is 10.5. The molecule has 3 N–H and O–H groups in total. The van der Waals surface area contributed by atoms with Gasteiger partial charge in [0.05, 0.1) is 11.4 Å². The summed E-state index contributed by atoms with van der Waals surface area (Å²) in [6.07, 6.45) is 0. The molecule has 2 amide bonds. The maximum atomic E-state index is 12.1. The zero-order chi connectivity index (χ0) is 16.1. The number of anilines is 2. The maximum absolute atomic E-state index is 12.1. The number of likely N-dealkylation sites (N-methyl/N-ethyl adjacent to an activating group) is 1. The van der Waals surface area contributed by atoms with Crippen LogP contribution in [0.5, 0.6) is 0 Å². The molecule has 0 saturated heterocycles. The van der Waals surface area contributed by atoms with Gasteiger partial charge in [-0.1, -0.05) is 36.4 Å². The minimum Gasteiger partial charge on any atom is -0.397 e. The van der Waals surface area contributed by atoms with Gasteiger partial charge in [0.1, 0.15) is 0 Å². The third-order valence-corrected chi connectivity index (χ3v) is 3.26. The van der Waals surface area contributed by atoms with Crippen LogP contribution in [-0.2, 0) is 16.1 Å². The molecule has 0 aliphatic heterocycles. The van der Waals surface area contributed by atoms with Crippen molar-refractivity contribution in [2.45, 2.75) is 13.5 Å². The molecular formula is C17H19N3O2. The fourth-order valence-corrected chi connectivity index (χ4v) is 2.07. The Morgan fingerprint density at radius 3 is 2.45 bits per heavy atom. The van der Waals surface area contributed by atoms with Crippen LogP contribution in [0.25, 0.3) is 0 Å². The second-order valence-electron chi connectivity index (χ2n) is 5.19. The Labute approximate surface area is 129 Å². The highest BCUT2D eigenvalue weighted by atomic mass is 16.2. The van der Waals surface area contributed by atoms with Crippen molar-refractivity contribution in [1.82, 2.24) is 4.90 Å². The number of rotatable bonds is 3. The van der Waals surface area contributed by atoms with E-state index in [9.17, 15) is 9.59 Å². The van der Waals surface area contributed by atoms with Crippen LogP contribution in [0.15, 0.2) is 48.5 Å². The number of nitrogen functional groups attached to an aromatic ring is 1. The third-order valence-electron chi connectivity index (χ3n) is 3.26. The first kappa shape index (κ1) is 15.6. The largest absolute Gasteiger partial charge is 0.397 e. The number of carbonyl (C=O) groups excluding carboxylic acids is 2. The number of benzene rings is 2. The molecule has 5 nitrogen and oxygen atoms in total. The Kier molecular flexibility index (Phi) is 4.78. The highest BCUT2D eigenvalue weighted by molar-refractivity contribution is 6.39. The van der Waals surface area contributed by atoms with E-state index in [2.05, 4.69) is 5.32 Å². The van der Waals surface area contributed by atoms with Crippen molar-refractivity contribution in [2.24, 2.45) is 0 Å². The van der Waals surface area contributed by atoms with Crippen LogP contribution >= 0.6 is 0 Å². The Bertz CT molecular complexity index is 684. The number of aryl methyl sites for hydroxylation is 1. The predicted molar refractivity (Wildman–Crippen MR) is 87.1 cm³/mol. The Morgan fingerprint density at radius 2 is 1.82 bits per heavy atom. The fraction of sp³-hybridized carbons (Fsp3) is 0.176. The van der Waals surface area contributed by atoms with Gasteiger partial charge in [-0.3, -0.25) is 9.59 Å². The standard InChI is InChI=1S/C17H19N3O2/c1-12-8-9-15(14(18)10-12)19-16(21)17(22)20(2)11-13-6-4-3-5-7-13/h3-10H,11,18H2,1-2H3,(H,19,21). The molecule has 0 heterocycles. The molecule has 0 radical (unpaired) electrons. The quantitative estimate of drug-likeness (QED) is 0.673. The molecular weight excluding hydrogens is 278 g/mol. The number of nitrogens with two attached hydrogens (primary N) is 1. The van der Waals surface area contributed by atoms with Gasteiger partial charge in [-0.25, -0.2) is 0 Å². The van der Waals surface area contributed by atoms with Crippen molar-refractivity contribution in [3.8, 4) is 0 Å². The molecule has 5 heteroatoms. The minimum atomic E-state index is -0.700. The number of hydrogen-bond acceptors (Lipinski definition) is 3. The van der Waals surface area contributed by atoms with Gasteiger partial charge in [0.15, 0.2) is 0 Å². The lowest BCUT2D eigenvalue weighted by Crippen LogP contribution is -2.36. The SMILES string of the molecule is Cc1ccc(NC(=O)C(=O)N(C)Cc2ccccc2)c(N)c1. The van der Waals surface area contributed by atoms with Gasteiger partial charge < -0.3 is 16.0 Å². The summed E-state index contributed by atoms with van der Waals surface area (Å²) in [5, 5.41) is 2.55. The number of carbonyl (C=O) groups is 2. The van der Waals surface area contributed by atoms with E-state index < -0.39 is 11.8 Å². The van der Waals surface area contributed by atoms with E-state index in [1.807, 2.05) is 43.3 Å². The highest BCUT2D eigenvalue weighted by Gasteiger charge is 2.19. The lowest BCUT2D eigenvalue weighted by atomic mass is 10.2. The maximum Gasteiger partial charge on any atom is 0.313 e. The molecule has 0 saturated carbocycles. The van der Waals surface area contributed by atoms with Gasteiger partial charge in [-0.2, -0.15) is 0 Å². The van der Waals surface area contributed by atoms with Crippen LogP contribution in [0, 0.1) is 6.92 Å². The lowest BCUT2D eigenvalue weighted by molar-refractivity contribution is -0.142. The Balaban J connectivity index is 2.01. The van der Waals surface area contributed by atoms with E-state index in [1.54, 1.807) is 19.2 Å². The van der Waals surface area contributed by atoms with Gasteiger partial charge in [0.2, 0.25) is 0 Å². The molecule has 2 aromatic rings. The van der Waals surface area contributed by atoms with Gasteiger partial charge >= 0.3 is 11.8 Å². The molecule has 2 aromatic carbocycles. The summed E-state index contributed by atoms with van der Waals surface area (Å²) >= 11 is 0. The Morgan fingerprint density at radius 1 is 1.14 bits per heavy atom. The van der Waals surface area contributed by atoms with Crippen LogP contribution in [0.2, 0.25) is 0 Å². The highest BCUT2D eigenvalue weighted by Crippen LogP contribution is 2.19. The van der Waals surface area contributed by atoms with Crippen molar-refractivity contribution in [3.05, 3.63) is 59.7 Å². The monoisotopic (exact) mass is 297 g/mol. The smallest absolute Gasteiger partial charge is 0.313 e. The first-order valence-corrected chi connectivity index (χ1v) is 6.94. The van der Waals surface area contributed by atoms with Crippen LogP contribution in [0.3, 0.4) is 0 Å². The zero-order valence-electron chi connectivity index (χ0n) is 12.7. The summed E-state index contributed by atoms with van der Waals surface area (Å²) in [7, 11) is 1.59. The fourth-order valence-electron chi connectivity index (χ4n) is 2.07. The van der Waals surface area contributed by atoms with Crippen molar-refractivity contribution >= 4 is 23.2 Å². The van der Waals surface area contributed by atoms with E-state index in [1.165, 1.54) is 4.90 Å². The zero-order valence-corrected chi connectivity index (χ0v) is 12.7. The van der Waals surface area contributed by atoms with Crippen LogP contribution < -0.4 is 11.1 Å². The lowest BCUT2D eigenvalue weighted by Gasteiger charge is -2.17. The molecule has 0 atom stereocenters. The molecule has 0 aromatic heterocycles. The minimum absolute atomic E-state index is 0.372. The summed E-state index contributed by atoms with van der Waals surface area (Å²) in [5.41, 5.74) is 8.66. The van der Waals surface area contributed by atoms with E-state index >= 15 is 0 Å². The van der Waals surface area contributed by atoms with Crippen molar-refractivity contribution in [1.29, 1.82) is 0 Å². The average Bonchev–Trinajstić information content (AvgIpc) is 2.50. The molecule has 0 spiro atoms. The van der Waals surface area contributed by atoms with Crippen molar-refractivity contribution in [2.75, 3.05) is 18.1 Å². The van der Waals surface area contributed by atoms with Crippen molar-refractivity contribution in [3.63, 3.8) is 0 Å². The molecule has 0 fully saturated rings. The molecule has 22 heavy (non-hydrogen) atoms. The Hall–Kier alpha value is -2.82. The summed E-state index contributed by atoms with van der Waals surface area (Å²) in [4.78, 5) is 25.5. The van der Waals surface area contributed by atoms with Crippen LogP contribution in [0.1, 0.15) is 11.1 Å². The summed E-state index contributed by atoms with van der Waals surface area (Å²) < 4.78 is 0. The number of nitrogens with zero attached hydrogens (tertiary/aromatic N) is 1. The number of amides is 2. The van der Waals surface area contributed by atoms with Gasteiger partial charge in [0, 0.05) is 13.6 Å². The van der Waals surface area contributed by atoms with Crippen LogP contribution in [0.4, 0.5) is 11.4 Å². The molecule has 2 rings (SSSR count). The second-order valence-corrected chi connectivity index (χ2v) is 5.19. The number of hydrogen-bond donors (Lipinski definition) is 2. The van der Waals surface area contributed by atoms with Crippen LogP contribution in [-0.4, -0.2) is 23.8 Å². The van der Waals surface area contributed by atoms with Gasteiger partial charge in [-0.05, 0) is 30.2 Å².